The lowest BCUT2D eigenvalue weighted by Gasteiger charge is -2.45. The number of nitrogens with zero attached hydrogens (tertiary/aromatic N) is 1. The lowest BCUT2D eigenvalue weighted by Crippen LogP contribution is -2.60. The fourth-order valence-corrected chi connectivity index (χ4v) is 11.3. The minimum absolute atomic E-state index is 0.0358. The molecule has 6 aliphatic rings. The van der Waals surface area contributed by atoms with Crippen LogP contribution in [0.15, 0.2) is 23.3 Å². The normalized spacial score (nSPS) is 44.1. The maximum absolute atomic E-state index is 15.0. The molecule has 3 aliphatic heterocycles. The number of allylic oxidation sites excluding steroid dienone is 4. The quantitative estimate of drug-likeness (QED) is 0.166. The van der Waals surface area contributed by atoms with E-state index in [-0.39, 0.29) is 96.8 Å². The van der Waals surface area contributed by atoms with E-state index in [1.807, 2.05) is 0 Å². The Morgan fingerprint density at radius 1 is 0.800 bits per heavy atom. The van der Waals surface area contributed by atoms with Crippen molar-refractivity contribution in [2.24, 2.45) is 35.5 Å². The summed E-state index contributed by atoms with van der Waals surface area (Å²) >= 11 is 0. The van der Waals surface area contributed by atoms with Gasteiger partial charge in [-0.15, -0.1) is 0 Å². The molecule has 312 valence electrons. The lowest BCUT2D eigenvalue weighted by molar-refractivity contribution is -0.317. The molecule has 0 radical (unpaired) electrons. The second-order valence-corrected chi connectivity index (χ2v) is 17.4. The Morgan fingerprint density at radius 2 is 1.55 bits per heavy atom. The molecule has 4 fully saturated rings. The van der Waals surface area contributed by atoms with Crippen molar-refractivity contribution in [1.29, 1.82) is 0 Å². The first-order chi connectivity index (χ1) is 26.5. The van der Waals surface area contributed by atoms with Crippen molar-refractivity contribution in [2.75, 3.05) is 35.4 Å². The zero-order valence-electron chi connectivity index (χ0n) is 35.3. The Bertz CT molecular complexity index is 1370. The van der Waals surface area contributed by atoms with Gasteiger partial charge in [0.2, 0.25) is 0 Å². The van der Waals surface area contributed by atoms with E-state index in [0.717, 1.165) is 63.4 Å². The number of esters is 1. The van der Waals surface area contributed by atoms with Crippen LogP contribution in [0.25, 0.3) is 0 Å². The summed E-state index contributed by atoms with van der Waals surface area (Å²) in [5, 5.41) is 0. The highest BCUT2D eigenvalue weighted by molar-refractivity contribution is 5.99. The number of likely N-dealkylation sites (N-methyl/N-ethyl adjacent to an activating group) is 1. The van der Waals surface area contributed by atoms with Gasteiger partial charge in [0, 0.05) is 39.2 Å². The molecular formula is C44H71NO10. The van der Waals surface area contributed by atoms with Crippen LogP contribution >= 0.6 is 0 Å². The molecule has 0 aromatic rings. The molecular weight excluding hydrogens is 702 g/mol. The van der Waals surface area contributed by atoms with E-state index in [4.69, 9.17) is 37.9 Å². The van der Waals surface area contributed by atoms with Crippen molar-refractivity contribution in [3.05, 3.63) is 23.3 Å². The number of carbonyl (C=O) groups is 2. The standard InChI is InChI=1S/C44H71NO10/c1-11-26-15-14-16-37(54-39-18-17-35(45(6)7)25(5)51-39)28(12-2)40(47)34-22-32-30(33(34)23-38(46)52-26)19-24(4)29-20-27(21-31(29)32)53-44-43(50-10)42(49-9)41(48-8)36(13-3)55-44/h19,22,25-33,35-37,39,41-44H,11-18,20-21,23H2,1-10H3/t25-,26?,27?,28?,29?,30?,31?,32?,33?,35-,36+,37?,39?,41?,42?,43?,44?/m1/s1. The molecule has 0 aromatic carbocycles. The number of carbonyl (C=O) groups excluding carboxylic acids is 2. The molecule has 0 N–H and O–H groups in total. The molecule has 0 aromatic heterocycles. The van der Waals surface area contributed by atoms with Gasteiger partial charge in [0.05, 0.1) is 30.8 Å². The van der Waals surface area contributed by atoms with E-state index in [1.54, 1.807) is 21.3 Å². The smallest absolute Gasteiger partial charge is 0.306 e. The second-order valence-electron chi connectivity index (χ2n) is 17.4. The van der Waals surface area contributed by atoms with E-state index in [2.05, 4.69) is 65.8 Å². The number of hydrogen-bond donors (Lipinski definition) is 0. The van der Waals surface area contributed by atoms with Crippen molar-refractivity contribution in [1.82, 2.24) is 4.90 Å². The summed E-state index contributed by atoms with van der Waals surface area (Å²) < 4.78 is 50.4. The number of fused-ring (bicyclic) bond motifs is 5. The molecule has 3 aliphatic carbocycles. The van der Waals surface area contributed by atoms with Crippen LogP contribution in [0.4, 0.5) is 0 Å². The lowest BCUT2D eigenvalue weighted by atomic mass is 9.67. The maximum Gasteiger partial charge on any atom is 0.306 e. The number of Topliss-reactive ketones (excluding diaryl/α,β-unsaturated/α-hetero) is 1. The molecule has 6 rings (SSSR count). The highest BCUT2D eigenvalue weighted by Gasteiger charge is 2.54. The predicted octanol–water partition coefficient (Wildman–Crippen LogP) is 6.66. The van der Waals surface area contributed by atoms with E-state index < -0.39 is 12.4 Å². The first-order valence-electron chi connectivity index (χ1n) is 21.5. The molecule has 17 atom stereocenters. The van der Waals surface area contributed by atoms with Gasteiger partial charge in [0.1, 0.15) is 24.4 Å². The van der Waals surface area contributed by atoms with Crippen LogP contribution in [0.3, 0.4) is 0 Å². The van der Waals surface area contributed by atoms with Crippen LogP contribution in [-0.2, 0) is 47.5 Å². The summed E-state index contributed by atoms with van der Waals surface area (Å²) in [4.78, 5) is 30.9. The van der Waals surface area contributed by atoms with Gasteiger partial charge in [-0.1, -0.05) is 38.5 Å². The van der Waals surface area contributed by atoms with Crippen molar-refractivity contribution >= 4 is 11.8 Å². The maximum atomic E-state index is 15.0. The third kappa shape index (κ3) is 8.99. The third-order valence-electron chi connectivity index (χ3n) is 14.2. The Labute approximate surface area is 330 Å². The molecule has 3 saturated heterocycles. The number of hydrogen-bond acceptors (Lipinski definition) is 11. The monoisotopic (exact) mass is 774 g/mol. The topological polar surface area (TPSA) is 111 Å². The van der Waals surface area contributed by atoms with E-state index in [0.29, 0.717) is 18.4 Å². The number of ether oxygens (including phenoxy) is 8. The largest absolute Gasteiger partial charge is 0.462 e. The SMILES string of the molecule is CCC1CCCC(OC2CC[C@@H](N(C)C)[C@@H](C)O2)C(CC)C(=O)C2=CC3C(C=C(C)C4CC(OC5O[C@@H](CC)C(OC)C(OC)C5OC)CC43)C2CC(=O)O1. The van der Waals surface area contributed by atoms with Crippen LogP contribution in [0.5, 0.6) is 0 Å². The number of methoxy groups -OCH3 is 3. The van der Waals surface area contributed by atoms with Crippen LogP contribution in [-0.4, -0.2) is 120 Å². The van der Waals surface area contributed by atoms with Crippen molar-refractivity contribution in [2.45, 2.75) is 173 Å². The number of rotatable bonds is 11. The van der Waals surface area contributed by atoms with Gasteiger partial charge in [0.15, 0.2) is 18.4 Å². The summed E-state index contributed by atoms with van der Waals surface area (Å²) in [7, 11) is 9.23. The average Bonchev–Trinajstić information content (AvgIpc) is 3.75. The van der Waals surface area contributed by atoms with Crippen LogP contribution in [0, 0.1) is 35.5 Å². The first kappa shape index (κ1) is 42.9. The van der Waals surface area contributed by atoms with Gasteiger partial charge in [-0.2, -0.15) is 0 Å². The van der Waals surface area contributed by atoms with Crippen molar-refractivity contribution in [3.63, 3.8) is 0 Å². The van der Waals surface area contributed by atoms with Crippen molar-refractivity contribution in [3.8, 4) is 0 Å². The summed E-state index contributed by atoms with van der Waals surface area (Å²) in [6, 6.07) is 0.337. The highest BCUT2D eigenvalue weighted by Crippen LogP contribution is 2.56. The molecule has 14 unspecified atom stereocenters. The molecule has 0 bridgehead atoms. The second kappa shape index (κ2) is 18.9. The first-order valence-corrected chi connectivity index (χ1v) is 21.5. The molecule has 3 heterocycles. The van der Waals surface area contributed by atoms with Crippen molar-refractivity contribution < 1.29 is 47.5 Å². The fourth-order valence-electron chi connectivity index (χ4n) is 11.3. The molecule has 1 saturated carbocycles. The highest BCUT2D eigenvalue weighted by atomic mass is 16.7. The summed E-state index contributed by atoms with van der Waals surface area (Å²) in [6.45, 7) is 10.6. The zero-order chi connectivity index (χ0) is 39.6. The third-order valence-corrected chi connectivity index (χ3v) is 14.2. The van der Waals surface area contributed by atoms with E-state index >= 15 is 0 Å². The van der Waals surface area contributed by atoms with Crippen LogP contribution < -0.4 is 0 Å². The number of cyclic esters (lactones) is 1. The van der Waals surface area contributed by atoms with Gasteiger partial charge >= 0.3 is 5.97 Å². The van der Waals surface area contributed by atoms with E-state index in [9.17, 15) is 9.59 Å². The fraction of sp³-hybridized carbons (Fsp3) is 0.864. The van der Waals surface area contributed by atoms with Crippen LogP contribution in [0.2, 0.25) is 0 Å². The summed E-state index contributed by atoms with van der Waals surface area (Å²) in [5.41, 5.74) is 2.10. The Morgan fingerprint density at radius 3 is 2.18 bits per heavy atom. The Hall–Kier alpha value is -1.70. The van der Waals surface area contributed by atoms with Gasteiger partial charge in [-0.05, 0) is 121 Å². The summed E-state index contributed by atoms with van der Waals surface area (Å²) in [6.07, 6.45) is 10.2. The van der Waals surface area contributed by atoms with Gasteiger partial charge in [-0.25, -0.2) is 0 Å². The molecule has 11 heteroatoms. The van der Waals surface area contributed by atoms with Crippen LogP contribution in [0.1, 0.15) is 105 Å². The van der Waals surface area contributed by atoms with Gasteiger partial charge in [-0.3, -0.25) is 9.59 Å². The average molecular weight is 774 g/mol. The van der Waals surface area contributed by atoms with E-state index in [1.165, 1.54) is 5.57 Å². The Balaban J connectivity index is 1.25. The van der Waals surface area contributed by atoms with Gasteiger partial charge < -0.3 is 42.8 Å². The summed E-state index contributed by atoms with van der Waals surface area (Å²) in [5.74, 6) is 0.102. The number of ketones is 1. The molecule has 11 nitrogen and oxygen atoms in total. The minimum Gasteiger partial charge on any atom is -0.462 e. The molecule has 0 spiro atoms. The van der Waals surface area contributed by atoms with Gasteiger partial charge in [0.25, 0.3) is 0 Å². The minimum atomic E-state index is -0.594. The zero-order valence-corrected chi connectivity index (χ0v) is 35.3. The Kier molecular flexibility index (Phi) is 14.8. The molecule has 0 amide bonds. The molecule has 55 heavy (non-hydrogen) atoms. The predicted molar refractivity (Wildman–Crippen MR) is 208 cm³/mol.